The molecular formula is C35H40O15S. The van der Waals surface area contributed by atoms with Gasteiger partial charge in [0.2, 0.25) is 0 Å². The lowest BCUT2D eigenvalue weighted by Gasteiger charge is -2.50. The zero-order chi connectivity index (χ0) is 36.7. The van der Waals surface area contributed by atoms with Gasteiger partial charge in [0, 0.05) is 45.1 Å². The summed E-state index contributed by atoms with van der Waals surface area (Å²) in [5, 5.41) is 0. The number of carbonyl (C=O) groups excluding carboxylic acids is 5. The Morgan fingerprint density at radius 3 is 1.82 bits per heavy atom. The van der Waals surface area contributed by atoms with Gasteiger partial charge in [0.1, 0.15) is 36.5 Å². The predicted octanol–water partition coefficient (Wildman–Crippen LogP) is 3.02. The highest BCUT2D eigenvalue weighted by Gasteiger charge is 2.58. The topological polar surface area (TPSA) is 178 Å². The van der Waals surface area contributed by atoms with Crippen LogP contribution in [0.2, 0.25) is 0 Å². The molecule has 0 amide bonds. The van der Waals surface area contributed by atoms with Crippen LogP contribution in [0.3, 0.4) is 0 Å². The number of fused-ring (bicyclic) bond motifs is 1. The first-order chi connectivity index (χ1) is 24.4. The van der Waals surface area contributed by atoms with Crippen molar-refractivity contribution in [1.82, 2.24) is 0 Å². The molecule has 16 heteroatoms. The molecule has 3 aliphatic heterocycles. The fourth-order valence-electron chi connectivity index (χ4n) is 5.98. The molecular weight excluding hydrogens is 692 g/mol. The molecule has 0 unspecified atom stereocenters. The lowest BCUT2D eigenvalue weighted by molar-refractivity contribution is -0.378. The first-order valence-electron chi connectivity index (χ1n) is 16.2. The second-order valence-electron chi connectivity index (χ2n) is 11.9. The normalized spacial score (nSPS) is 31.7. The van der Waals surface area contributed by atoms with Crippen LogP contribution in [0.5, 0.6) is 0 Å². The molecule has 2 aromatic rings. The maximum absolute atomic E-state index is 12.6. The minimum Gasteiger partial charge on any atom is -0.463 e. The number of ether oxygens (including phenoxy) is 10. The van der Waals surface area contributed by atoms with Crippen LogP contribution in [0.25, 0.3) is 0 Å². The molecule has 0 N–H and O–H groups in total. The van der Waals surface area contributed by atoms with E-state index >= 15 is 0 Å². The van der Waals surface area contributed by atoms with E-state index in [2.05, 4.69) is 0 Å². The van der Waals surface area contributed by atoms with Crippen LogP contribution in [0.1, 0.15) is 46.5 Å². The van der Waals surface area contributed by atoms with Gasteiger partial charge in [-0.05, 0) is 12.1 Å². The third kappa shape index (κ3) is 10.1. The summed E-state index contributed by atoms with van der Waals surface area (Å²) in [6.45, 7) is 5.47. The molecule has 0 spiro atoms. The average Bonchev–Trinajstić information content (AvgIpc) is 3.07. The van der Waals surface area contributed by atoms with Crippen LogP contribution in [-0.4, -0.2) is 104 Å². The molecule has 15 nitrogen and oxygen atoms in total. The molecule has 0 radical (unpaired) electrons. The van der Waals surface area contributed by atoms with E-state index in [4.69, 9.17) is 47.4 Å². The molecule has 11 atom stereocenters. The van der Waals surface area contributed by atoms with Crippen molar-refractivity contribution in [3.8, 4) is 0 Å². The fourth-order valence-corrected chi connectivity index (χ4v) is 7.11. The predicted molar refractivity (Wildman–Crippen MR) is 173 cm³/mol. The quantitative estimate of drug-likeness (QED) is 0.243. The zero-order valence-electron chi connectivity index (χ0n) is 28.6. The van der Waals surface area contributed by atoms with Crippen molar-refractivity contribution >= 4 is 41.6 Å². The smallest absolute Gasteiger partial charge is 0.303 e. The van der Waals surface area contributed by atoms with Crippen molar-refractivity contribution in [2.75, 3.05) is 13.2 Å². The van der Waals surface area contributed by atoms with Gasteiger partial charge in [0.25, 0.3) is 0 Å². The van der Waals surface area contributed by atoms with Crippen molar-refractivity contribution < 1.29 is 71.3 Å². The molecule has 276 valence electrons. The molecule has 3 heterocycles. The standard InChI is InChI=1S/C35H40O15S/c1-18(36)41-16-26-28(30(44-20(3)38)32(46-22(5)40)35(48-26)51-24-14-10-7-11-15-24)50-34-31(45-21(4)39)29(43-19(2)37)27-25(47-34)17-42-33(49-27)23-12-8-6-9-13-23/h6-15,25-35H,16-17H2,1-5H3/t25-,26-,27+,28-,29+,30+,31-,32-,33-,34+,35+/m1/s1. The Bertz CT molecular complexity index is 1520. The largest absolute Gasteiger partial charge is 0.463 e. The highest BCUT2D eigenvalue weighted by Crippen LogP contribution is 2.41. The molecule has 0 aromatic heterocycles. The number of rotatable bonds is 11. The average molecular weight is 733 g/mol. The molecule has 3 aliphatic rings. The summed E-state index contributed by atoms with van der Waals surface area (Å²) in [4.78, 5) is 62.7. The maximum atomic E-state index is 12.6. The highest BCUT2D eigenvalue weighted by molar-refractivity contribution is 7.99. The first-order valence-corrected chi connectivity index (χ1v) is 17.1. The van der Waals surface area contributed by atoms with E-state index in [1.165, 1.54) is 32.5 Å². The Labute approximate surface area is 298 Å². The van der Waals surface area contributed by atoms with E-state index in [-0.39, 0.29) is 13.2 Å². The number of hydrogen-bond acceptors (Lipinski definition) is 16. The number of benzene rings is 2. The van der Waals surface area contributed by atoms with Crippen molar-refractivity contribution in [2.24, 2.45) is 0 Å². The van der Waals surface area contributed by atoms with E-state index in [0.29, 0.717) is 5.56 Å². The van der Waals surface area contributed by atoms with Crippen LogP contribution in [0.4, 0.5) is 0 Å². The molecule has 3 fully saturated rings. The Balaban J connectivity index is 1.52. The molecule has 0 aliphatic carbocycles. The summed E-state index contributed by atoms with van der Waals surface area (Å²) in [6, 6.07) is 18.1. The van der Waals surface area contributed by atoms with Crippen LogP contribution in [0, 0.1) is 0 Å². The number of hydrogen-bond donors (Lipinski definition) is 0. The fraction of sp³-hybridized carbons (Fsp3) is 0.514. The monoisotopic (exact) mass is 732 g/mol. The molecule has 0 bridgehead atoms. The zero-order valence-corrected chi connectivity index (χ0v) is 29.4. The summed E-state index contributed by atoms with van der Waals surface area (Å²) >= 11 is 1.18. The van der Waals surface area contributed by atoms with Gasteiger partial charge in [-0.3, -0.25) is 24.0 Å². The number of thioether (sulfide) groups is 1. The van der Waals surface area contributed by atoms with Gasteiger partial charge in [-0.15, -0.1) is 0 Å². The first kappa shape index (κ1) is 38.2. The summed E-state index contributed by atoms with van der Waals surface area (Å²) < 4.78 is 59.6. The number of esters is 5. The van der Waals surface area contributed by atoms with Crippen molar-refractivity contribution in [1.29, 1.82) is 0 Å². The van der Waals surface area contributed by atoms with Gasteiger partial charge >= 0.3 is 29.8 Å². The van der Waals surface area contributed by atoms with Crippen molar-refractivity contribution in [3.63, 3.8) is 0 Å². The van der Waals surface area contributed by atoms with Crippen LogP contribution >= 0.6 is 11.8 Å². The Morgan fingerprint density at radius 2 is 1.22 bits per heavy atom. The van der Waals surface area contributed by atoms with Gasteiger partial charge < -0.3 is 47.4 Å². The molecule has 2 aromatic carbocycles. The van der Waals surface area contributed by atoms with Gasteiger partial charge in [-0.25, -0.2) is 0 Å². The van der Waals surface area contributed by atoms with Gasteiger partial charge in [0.15, 0.2) is 37.0 Å². The van der Waals surface area contributed by atoms with Gasteiger partial charge in [-0.2, -0.15) is 0 Å². The number of carbonyl (C=O) groups is 5. The molecule has 0 saturated carbocycles. The van der Waals surface area contributed by atoms with E-state index in [1.807, 2.05) is 36.4 Å². The second-order valence-corrected chi connectivity index (χ2v) is 13.1. The lowest BCUT2D eigenvalue weighted by Crippen LogP contribution is -2.67. The lowest BCUT2D eigenvalue weighted by atomic mass is 9.95. The van der Waals surface area contributed by atoms with E-state index in [0.717, 1.165) is 18.7 Å². The van der Waals surface area contributed by atoms with E-state index in [9.17, 15) is 24.0 Å². The van der Waals surface area contributed by atoms with Crippen LogP contribution in [-0.2, 0) is 71.3 Å². The Hall–Kier alpha value is -4.06. The third-order valence-corrected chi connectivity index (χ3v) is 9.05. The molecule has 51 heavy (non-hydrogen) atoms. The van der Waals surface area contributed by atoms with Gasteiger partial charge in [-0.1, -0.05) is 60.3 Å². The summed E-state index contributed by atoms with van der Waals surface area (Å²) in [5.41, 5.74) is -0.290. The summed E-state index contributed by atoms with van der Waals surface area (Å²) in [5.74, 6) is -3.55. The van der Waals surface area contributed by atoms with E-state index < -0.39 is 96.7 Å². The highest BCUT2D eigenvalue weighted by atomic mass is 32.2. The summed E-state index contributed by atoms with van der Waals surface area (Å²) in [6.07, 6.45) is -12.1. The molecule has 3 saturated heterocycles. The molecule has 5 rings (SSSR count). The Morgan fingerprint density at radius 1 is 0.647 bits per heavy atom. The van der Waals surface area contributed by atoms with Crippen LogP contribution in [0.15, 0.2) is 65.6 Å². The van der Waals surface area contributed by atoms with Crippen molar-refractivity contribution in [2.45, 2.75) is 106 Å². The minimum atomic E-state index is -1.53. The SMILES string of the molecule is CC(=O)OC[C@H]1O[C@@H](Sc2ccccc2)[C@H](OC(C)=O)[C@@H](OC(C)=O)[C@@H]1O[C@@H]1O[C@@H]2CO[C@@H](c3ccccc3)O[C@@H]2[C@H](OC(C)=O)[C@H]1OC(C)=O. The third-order valence-electron chi connectivity index (χ3n) is 7.89. The van der Waals surface area contributed by atoms with Crippen molar-refractivity contribution in [3.05, 3.63) is 66.2 Å². The van der Waals surface area contributed by atoms with Gasteiger partial charge in [0.05, 0.1) is 6.61 Å². The Kier molecular flexibility index (Phi) is 13.1. The minimum absolute atomic E-state index is 0.0497. The van der Waals surface area contributed by atoms with E-state index in [1.54, 1.807) is 24.3 Å². The summed E-state index contributed by atoms with van der Waals surface area (Å²) in [7, 11) is 0. The van der Waals surface area contributed by atoms with Crippen LogP contribution < -0.4 is 0 Å². The maximum Gasteiger partial charge on any atom is 0.303 e. The second kappa shape index (κ2) is 17.4.